The van der Waals surface area contributed by atoms with Crippen LogP contribution in [0.5, 0.6) is 5.75 Å². The molecule has 1 aromatic carbocycles. The van der Waals surface area contributed by atoms with E-state index >= 15 is 0 Å². The van der Waals surface area contributed by atoms with Crippen LogP contribution in [0, 0.1) is 0 Å². The van der Waals surface area contributed by atoms with Gasteiger partial charge in [0.1, 0.15) is 17.3 Å². The van der Waals surface area contributed by atoms with Gasteiger partial charge in [-0.1, -0.05) is 12.1 Å². The highest BCUT2D eigenvalue weighted by Crippen LogP contribution is 2.30. The van der Waals surface area contributed by atoms with Gasteiger partial charge < -0.3 is 19.9 Å². The van der Waals surface area contributed by atoms with Crippen LogP contribution in [-0.4, -0.2) is 77.0 Å². The summed E-state index contributed by atoms with van der Waals surface area (Å²) in [5.74, 6) is 1.81. The number of likely N-dealkylation sites (N-methyl/N-ethyl adjacent to an activating group) is 1. The first-order chi connectivity index (χ1) is 14.2. The molecule has 29 heavy (non-hydrogen) atoms. The maximum atomic E-state index is 12.6. The van der Waals surface area contributed by atoms with E-state index in [0.717, 1.165) is 54.7 Å². The quantitative estimate of drug-likeness (QED) is 0.689. The lowest BCUT2D eigenvalue weighted by Gasteiger charge is -2.32. The van der Waals surface area contributed by atoms with Gasteiger partial charge in [0.2, 0.25) is 5.91 Å². The Kier molecular flexibility index (Phi) is 5.62. The Morgan fingerprint density at radius 3 is 2.86 bits per heavy atom. The Hall–Kier alpha value is -3.13. The van der Waals surface area contributed by atoms with E-state index in [2.05, 4.69) is 22.2 Å². The minimum Gasteiger partial charge on any atom is -0.497 e. The van der Waals surface area contributed by atoms with Gasteiger partial charge in [-0.3, -0.25) is 14.2 Å². The fourth-order valence-corrected chi connectivity index (χ4v) is 3.55. The molecule has 0 radical (unpaired) electrons. The van der Waals surface area contributed by atoms with E-state index in [1.807, 2.05) is 39.8 Å². The van der Waals surface area contributed by atoms with Gasteiger partial charge in [0, 0.05) is 57.1 Å². The van der Waals surface area contributed by atoms with Crippen molar-refractivity contribution in [2.45, 2.75) is 6.42 Å². The number of carbonyl (C=O) groups is 1. The van der Waals surface area contributed by atoms with Crippen LogP contribution in [-0.2, 0) is 4.79 Å². The van der Waals surface area contributed by atoms with Crippen molar-refractivity contribution in [1.82, 2.24) is 24.2 Å². The number of nitrogens with one attached hydrogen (secondary N) is 1. The Morgan fingerprint density at radius 2 is 2.07 bits per heavy atom. The third-order valence-electron chi connectivity index (χ3n) is 5.26. The fraction of sp³-hybridized carbons (Fsp3) is 0.381. The van der Waals surface area contributed by atoms with Crippen LogP contribution >= 0.6 is 0 Å². The lowest BCUT2D eigenvalue weighted by molar-refractivity contribution is -0.132. The number of imidazole rings is 1. The van der Waals surface area contributed by atoms with Crippen LogP contribution in [0.2, 0.25) is 0 Å². The predicted octanol–water partition coefficient (Wildman–Crippen LogP) is 1.98. The highest BCUT2D eigenvalue weighted by molar-refractivity contribution is 5.79. The molecule has 152 valence electrons. The molecule has 1 amide bonds. The van der Waals surface area contributed by atoms with Crippen LogP contribution in [0.3, 0.4) is 0 Å². The summed E-state index contributed by atoms with van der Waals surface area (Å²) in [5.41, 5.74) is 2.50. The number of hydrogen-bond acceptors (Lipinski definition) is 6. The summed E-state index contributed by atoms with van der Waals surface area (Å²) >= 11 is 0. The van der Waals surface area contributed by atoms with Crippen molar-refractivity contribution in [3.8, 4) is 17.0 Å². The molecule has 2 aromatic heterocycles. The summed E-state index contributed by atoms with van der Waals surface area (Å²) in [6.45, 7) is 3.99. The smallest absolute Gasteiger partial charge is 0.224 e. The van der Waals surface area contributed by atoms with Gasteiger partial charge in [-0.05, 0) is 19.2 Å². The van der Waals surface area contributed by atoms with Gasteiger partial charge in [-0.2, -0.15) is 0 Å². The lowest BCUT2D eigenvalue weighted by atomic mass is 10.1. The summed E-state index contributed by atoms with van der Waals surface area (Å²) in [6, 6.07) is 7.80. The minimum absolute atomic E-state index is 0.184. The number of aromatic nitrogens is 3. The summed E-state index contributed by atoms with van der Waals surface area (Å²) < 4.78 is 7.32. The second-order valence-electron chi connectivity index (χ2n) is 7.21. The van der Waals surface area contributed by atoms with Crippen molar-refractivity contribution >= 4 is 17.4 Å². The van der Waals surface area contributed by atoms with Gasteiger partial charge in [0.05, 0.1) is 13.3 Å². The van der Waals surface area contributed by atoms with E-state index in [1.165, 1.54) is 0 Å². The Balaban J connectivity index is 1.52. The highest BCUT2D eigenvalue weighted by atomic mass is 16.5. The molecule has 3 heterocycles. The topological polar surface area (TPSA) is 75.0 Å². The predicted molar refractivity (Wildman–Crippen MR) is 112 cm³/mol. The van der Waals surface area contributed by atoms with Gasteiger partial charge in [-0.15, -0.1) is 0 Å². The third kappa shape index (κ3) is 4.17. The number of ether oxygens (including phenoxy) is 1. The van der Waals surface area contributed by atoms with E-state index in [9.17, 15) is 4.79 Å². The zero-order chi connectivity index (χ0) is 20.2. The number of hydrogen-bond donors (Lipinski definition) is 1. The standard InChI is InChI=1S/C21H26N6O2/c1-25-10-12-26(13-11-25)19(28)6-7-23-21-20(16-4-3-5-17(14-16)29-2)24-18-15-22-8-9-27(18)21/h3-5,8-9,14-15,23H,6-7,10-13H2,1-2H3. The van der Waals surface area contributed by atoms with E-state index in [4.69, 9.17) is 9.72 Å². The van der Waals surface area contributed by atoms with Crippen LogP contribution in [0.4, 0.5) is 5.82 Å². The zero-order valence-corrected chi connectivity index (χ0v) is 16.8. The molecule has 1 aliphatic rings. The summed E-state index contributed by atoms with van der Waals surface area (Å²) in [5, 5.41) is 3.42. The number of rotatable bonds is 6. The number of anilines is 1. The average molecular weight is 394 g/mol. The lowest BCUT2D eigenvalue weighted by Crippen LogP contribution is -2.47. The van der Waals surface area contributed by atoms with E-state index < -0.39 is 0 Å². The molecular formula is C21H26N6O2. The number of amides is 1. The average Bonchev–Trinajstić information content (AvgIpc) is 3.13. The van der Waals surface area contributed by atoms with Crippen molar-refractivity contribution in [3.63, 3.8) is 0 Å². The first-order valence-electron chi connectivity index (χ1n) is 9.82. The molecule has 0 saturated carbocycles. The van der Waals surface area contributed by atoms with Crippen LogP contribution in [0.25, 0.3) is 16.9 Å². The van der Waals surface area contributed by atoms with Crippen LogP contribution in [0.15, 0.2) is 42.9 Å². The molecule has 0 atom stereocenters. The van der Waals surface area contributed by atoms with Gasteiger partial charge in [0.15, 0.2) is 5.65 Å². The largest absolute Gasteiger partial charge is 0.497 e. The molecule has 0 unspecified atom stereocenters. The van der Waals surface area contributed by atoms with Gasteiger partial charge in [-0.25, -0.2) is 4.98 Å². The molecule has 8 heteroatoms. The molecule has 8 nitrogen and oxygen atoms in total. The summed E-state index contributed by atoms with van der Waals surface area (Å²) in [7, 11) is 3.74. The number of fused-ring (bicyclic) bond motifs is 1. The van der Waals surface area contributed by atoms with Gasteiger partial charge in [0.25, 0.3) is 0 Å². The SMILES string of the molecule is COc1cccc(-c2nc3cnccn3c2NCCC(=O)N2CCN(C)CC2)c1. The Morgan fingerprint density at radius 1 is 1.24 bits per heavy atom. The normalized spacial score (nSPS) is 14.9. The van der Waals surface area contributed by atoms with Crippen LogP contribution in [0.1, 0.15) is 6.42 Å². The highest BCUT2D eigenvalue weighted by Gasteiger charge is 2.19. The van der Waals surface area contributed by atoms with E-state index in [1.54, 1.807) is 19.5 Å². The van der Waals surface area contributed by atoms with Crippen molar-refractivity contribution in [2.75, 3.05) is 52.2 Å². The maximum absolute atomic E-state index is 12.6. The zero-order valence-electron chi connectivity index (χ0n) is 16.8. The Labute approximate surface area is 170 Å². The first kappa shape index (κ1) is 19.2. The minimum atomic E-state index is 0.184. The van der Waals surface area contributed by atoms with Crippen molar-refractivity contribution < 1.29 is 9.53 Å². The second kappa shape index (κ2) is 8.48. The van der Waals surface area contributed by atoms with Crippen molar-refractivity contribution in [2.24, 2.45) is 0 Å². The molecule has 3 aromatic rings. The van der Waals surface area contributed by atoms with Crippen LogP contribution < -0.4 is 10.1 Å². The van der Waals surface area contributed by atoms with E-state index in [0.29, 0.717) is 13.0 Å². The molecule has 0 spiro atoms. The molecule has 1 N–H and O–H groups in total. The molecule has 0 bridgehead atoms. The molecule has 0 aliphatic carbocycles. The van der Waals surface area contributed by atoms with Crippen molar-refractivity contribution in [1.29, 1.82) is 0 Å². The molecule has 1 saturated heterocycles. The maximum Gasteiger partial charge on any atom is 0.224 e. The van der Waals surface area contributed by atoms with Crippen molar-refractivity contribution in [3.05, 3.63) is 42.9 Å². The van der Waals surface area contributed by atoms with Gasteiger partial charge >= 0.3 is 0 Å². The van der Waals surface area contributed by atoms with E-state index in [-0.39, 0.29) is 5.91 Å². The number of methoxy groups -OCH3 is 1. The number of piperazine rings is 1. The number of carbonyl (C=O) groups excluding carboxylic acids is 1. The Bertz CT molecular complexity index is 994. The summed E-state index contributed by atoms with van der Waals surface area (Å²) in [4.78, 5) is 25.7. The number of benzene rings is 1. The second-order valence-corrected chi connectivity index (χ2v) is 7.21. The monoisotopic (exact) mass is 394 g/mol. The molecule has 1 fully saturated rings. The third-order valence-corrected chi connectivity index (χ3v) is 5.26. The fourth-order valence-electron chi connectivity index (χ4n) is 3.55. The molecular weight excluding hydrogens is 368 g/mol. The summed E-state index contributed by atoms with van der Waals surface area (Å²) in [6.07, 6.45) is 5.77. The number of nitrogens with zero attached hydrogens (tertiary/aromatic N) is 5. The first-order valence-corrected chi connectivity index (χ1v) is 9.82. The molecule has 4 rings (SSSR count). The molecule has 1 aliphatic heterocycles.